The maximum Gasteiger partial charge on any atom is 0.119 e. The topological polar surface area (TPSA) is 67.8 Å². The van der Waals surface area contributed by atoms with Crippen LogP contribution in [0.1, 0.15) is 13.3 Å². The lowest BCUT2D eigenvalue weighted by Gasteiger charge is -2.04. The zero-order valence-corrected chi connectivity index (χ0v) is 8.81. The molecule has 1 rings (SSSR count). The van der Waals surface area contributed by atoms with Crippen LogP contribution < -0.4 is 10.5 Å². The molecule has 0 heterocycles. The van der Waals surface area contributed by atoms with E-state index in [2.05, 4.69) is 4.99 Å². The minimum absolute atomic E-state index is 0.241. The van der Waals surface area contributed by atoms with Crippen molar-refractivity contribution in [3.63, 3.8) is 0 Å². The van der Waals surface area contributed by atoms with Gasteiger partial charge in [-0.2, -0.15) is 0 Å². The Balaban J connectivity index is 2.20. The standard InChI is InChI=1S/C11H16N2O2/c1-9(12)13-7-2-8-15-11-5-3-10(14)4-6-11/h3-6,14H,2,7-8H2,1H3,(H2,12,13). The van der Waals surface area contributed by atoms with E-state index in [0.717, 1.165) is 12.2 Å². The van der Waals surface area contributed by atoms with Crippen LogP contribution in [0.5, 0.6) is 11.5 Å². The molecular weight excluding hydrogens is 192 g/mol. The van der Waals surface area contributed by atoms with Crippen LogP contribution in [0.15, 0.2) is 29.3 Å². The van der Waals surface area contributed by atoms with Crippen LogP contribution in [-0.4, -0.2) is 24.1 Å². The molecule has 0 aliphatic heterocycles. The van der Waals surface area contributed by atoms with Gasteiger partial charge in [-0.1, -0.05) is 0 Å². The van der Waals surface area contributed by atoms with E-state index in [1.54, 1.807) is 31.2 Å². The molecule has 0 saturated heterocycles. The van der Waals surface area contributed by atoms with Crippen LogP contribution in [0.4, 0.5) is 0 Å². The fourth-order valence-corrected chi connectivity index (χ4v) is 1.05. The summed E-state index contributed by atoms with van der Waals surface area (Å²) in [5.41, 5.74) is 5.38. The van der Waals surface area contributed by atoms with Gasteiger partial charge in [-0.05, 0) is 31.2 Å². The molecule has 0 unspecified atom stereocenters. The monoisotopic (exact) mass is 208 g/mol. The zero-order valence-electron chi connectivity index (χ0n) is 8.81. The lowest BCUT2D eigenvalue weighted by atomic mass is 10.3. The first-order chi connectivity index (χ1) is 7.18. The third-order valence-electron chi connectivity index (χ3n) is 1.77. The molecule has 0 fully saturated rings. The van der Waals surface area contributed by atoms with Crippen molar-refractivity contribution >= 4 is 5.84 Å². The Hall–Kier alpha value is -1.71. The Morgan fingerprint density at radius 3 is 2.67 bits per heavy atom. The Labute approximate surface area is 89.4 Å². The van der Waals surface area contributed by atoms with Crippen LogP contribution in [-0.2, 0) is 0 Å². The van der Waals surface area contributed by atoms with Crippen LogP contribution in [0.2, 0.25) is 0 Å². The summed E-state index contributed by atoms with van der Waals surface area (Å²) in [4.78, 5) is 4.04. The fraction of sp³-hybridized carbons (Fsp3) is 0.364. The van der Waals surface area contributed by atoms with Crippen LogP contribution in [0.3, 0.4) is 0 Å². The maximum atomic E-state index is 9.04. The molecular formula is C11H16N2O2. The number of ether oxygens (including phenoxy) is 1. The molecule has 1 aromatic rings. The molecule has 4 nitrogen and oxygen atoms in total. The summed E-state index contributed by atoms with van der Waals surface area (Å²) in [5.74, 6) is 1.59. The van der Waals surface area contributed by atoms with E-state index in [-0.39, 0.29) is 5.75 Å². The molecule has 0 amide bonds. The number of hydrogen-bond acceptors (Lipinski definition) is 3. The van der Waals surface area contributed by atoms with Crippen molar-refractivity contribution in [1.29, 1.82) is 0 Å². The maximum absolute atomic E-state index is 9.04. The second-order valence-electron chi connectivity index (χ2n) is 3.22. The van der Waals surface area contributed by atoms with Gasteiger partial charge in [-0.3, -0.25) is 4.99 Å². The molecule has 3 N–H and O–H groups in total. The summed E-state index contributed by atoms with van der Waals surface area (Å²) in [6, 6.07) is 6.65. The molecule has 82 valence electrons. The van der Waals surface area contributed by atoms with E-state index < -0.39 is 0 Å². The molecule has 0 aliphatic rings. The molecule has 15 heavy (non-hydrogen) atoms. The molecule has 0 radical (unpaired) electrons. The summed E-state index contributed by atoms with van der Waals surface area (Å²) in [6.07, 6.45) is 0.829. The van der Waals surface area contributed by atoms with Crippen molar-refractivity contribution in [1.82, 2.24) is 0 Å². The van der Waals surface area contributed by atoms with E-state index in [0.29, 0.717) is 19.0 Å². The molecule has 0 saturated carbocycles. The van der Waals surface area contributed by atoms with Gasteiger partial charge in [0.1, 0.15) is 11.5 Å². The first-order valence-electron chi connectivity index (χ1n) is 4.87. The second kappa shape index (κ2) is 5.90. The number of benzene rings is 1. The highest BCUT2D eigenvalue weighted by molar-refractivity contribution is 5.77. The molecule has 4 heteroatoms. The first-order valence-corrected chi connectivity index (χ1v) is 4.87. The SMILES string of the molecule is CC(N)=NCCCOc1ccc(O)cc1. The van der Waals surface area contributed by atoms with Gasteiger partial charge in [0.25, 0.3) is 0 Å². The highest BCUT2D eigenvalue weighted by Gasteiger charge is 1.93. The Morgan fingerprint density at radius 1 is 1.40 bits per heavy atom. The summed E-state index contributed by atoms with van der Waals surface area (Å²) in [5, 5.41) is 9.04. The number of phenols is 1. The van der Waals surface area contributed by atoms with Crippen molar-refractivity contribution in [3.8, 4) is 11.5 Å². The van der Waals surface area contributed by atoms with Crippen LogP contribution in [0.25, 0.3) is 0 Å². The van der Waals surface area contributed by atoms with E-state index >= 15 is 0 Å². The smallest absolute Gasteiger partial charge is 0.119 e. The molecule has 0 atom stereocenters. The van der Waals surface area contributed by atoms with Crippen molar-refractivity contribution in [2.45, 2.75) is 13.3 Å². The largest absolute Gasteiger partial charge is 0.508 e. The van der Waals surface area contributed by atoms with Crippen molar-refractivity contribution in [3.05, 3.63) is 24.3 Å². The van der Waals surface area contributed by atoms with E-state index in [4.69, 9.17) is 15.6 Å². The van der Waals surface area contributed by atoms with Crippen molar-refractivity contribution in [2.24, 2.45) is 10.7 Å². The highest BCUT2D eigenvalue weighted by atomic mass is 16.5. The molecule has 0 spiro atoms. The number of aromatic hydroxyl groups is 1. The molecule has 0 aromatic heterocycles. The Kier molecular flexibility index (Phi) is 4.47. The minimum atomic E-state index is 0.241. The van der Waals surface area contributed by atoms with Gasteiger partial charge in [-0.15, -0.1) is 0 Å². The molecule has 1 aromatic carbocycles. The van der Waals surface area contributed by atoms with Crippen LogP contribution in [0, 0.1) is 0 Å². The van der Waals surface area contributed by atoms with Crippen molar-refractivity contribution in [2.75, 3.05) is 13.2 Å². The van der Waals surface area contributed by atoms with E-state index in [1.165, 1.54) is 0 Å². The number of hydrogen-bond donors (Lipinski definition) is 2. The summed E-state index contributed by atoms with van der Waals surface area (Å²) >= 11 is 0. The molecule has 0 bridgehead atoms. The predicted octanol–water partition coefficient (Wildman–Crippen LogP) is 1.54. The Morgan fingerprint density at radius 2 is 2.07 bits per heavy atom. The fourth-order valence-electron chi connectivity index (χ4n) is 1.05. The average molecular weight is 208 g/mol. The van der Waals surface area contributed by atoms with Gasteiger partial charge in [-0.25, -0.2) is 0 Å². The van der Waals surface area contributed by atoms with Crippen LogP contribution >= 0.6 is 0 Å². The second-order valence-corrected chi connectivity index (χ2v) is 3.22. The average Bonchev–Trinajstić information content (AvgIpc) is 2.20. The van der Waals surface area contributed by atoms with Crippen molar-refractivity contribution < 1.29 is 9.84 Å². The summed E-state index contributed by atoms with van der Waals surface area (Å²) in [6.45, 7) is 3.04. The lowest BCUT2D eigenvalue weighted by Crippen LogP contribution is -2.07. The zero-order chi connectivity index (χ0) is 11.1. The third-order valence-corrected chi connectivity index (χ3v) is 1.77. The number of rotatable bonds is 5. The Bertz CT molecular complexity index is 316. The number of aliphatic imine (C=N–C) groups is 1. The predicted molar refractivity (Wildman–Crippen MR) is 60.4 cm³/mol. The number of nitrogens with zero attached hydrogens (tertiary/aromatic N) is 1. The first kappa shape index (κ1) is 11.4. The normalized spacial score (nSPS) is 11.4. The van der Waals surface area contributed by atoms with Gasteiger partial charge in [0.05, 0.1) is 12.4 Å². The number of nitrogens with two attached hydrogens (primary N) is 1. The van der Waals surface area contributed by atoms with Gasteiger partial charge in [0.15, 0.2) is 0 Å². The van der Waals surface area contributed by atoms with Gasteiger partial charge in [0.2, 0.25) is 0 Å². The third kappa shape index (κ3) is 4.90. The number of phenolic OH excluding ortho intramolecular Hbond substituents is 1. The summed E-state index contributed by atoms with van der Waals surface area (Å²) in [7, 11) is 0. The van der Waals surface area contributed by atoms with Gasteiger partial charge in [0, 0.05) is 13.0 Å². The van der Waals surface area contributed by atoms with Gasteiger partial charge < -0.3 is 15.6 Å². The van der Waals surface area contributed by atoms with E-state index in [1.807, 2.05) is 0 Å². The lowest BCUT2D eigenvalue weighted by molar-refractivity contribution is 0.313. The van der Waals surface area contributed by atoms with Gasteiger partial charge >= 0.3 is 0 Å². The number of amidine groups is 1. The molecule has 0 aliphatic carbocycles. The highest BCUT2D eigenvalue weighted by Crippen LogP contribution is 2.15. The quantitative estimate of drug-likeness (QED) is 0.438. The minimum Gasteiger partial charge on any atom is -0.508 e. The summed E-state index contributed by atoms with van der Waals surface area (Å²) < 4.78 is 5.42. The van der Waals surface area contributed by atoms with E-state index in [9.17, 15) is 0 Å².